The highest BCUT2D eigenvalue weighted by molar-refractivity contribution is 4.73. The summed E-state index contributed by atoms with van der Waals surface area (Å²) in [4.78, 5) is 5.12. The highest BCUT2D eigenvalue weighted by atomic mass is 15.3. The van der Waals surface area contributed by atoms with Crippen molar-refractivity contribution in [2.24, 2.45) is 5.73 Å². The van der Waals surface area contributed by atoms with Crippen molar-refractivity contribution in [3.8, 4) is 0 Å². The van der Waals surface area contributed by atoms with Gasteiger partial charge >= 0.3 is 0 Å². The van der Waals surface area contributed by atoms with Crippen LogP contribution in [0.15, 0.2) is 0 Å². The van der Waals surface area contributed by atoms with Crippen molar-refractivity contribution in [3.05, 3.63) is 0 Å². The second-order valence-corrected chi connectivity index (χ2v) is 4.47. The summed E-state index contributed by atoms with van der Waals surface area (Å²) in [7, 11) is 0. The van der Waals surface area contributed by atoms with E-state index in [-0.39, 0.29) is 0 Å². The van der Waals surface area contributed by atoms with E-state index in [0.29, 0.717) is 6.04 Å². The topological polar surface area (TPSA) is 32.5 Å². The number of hydrogen-bond donors (Lipinski definition) is 1. The number of unbranched alkanes of at least 4 members (excludes halogenated alkanes) is 1. The van der Waals surface area contributed by atoms with Gasteiger partial charge in [-0.1, -0.05) is 0 Å². The Hall–Kier alpha value is -0.120. The molecule has 3 nitrogen and oxygen atoms in total. The van der Waals surface area contributed by atoms with E-state index in [1.807, 2.05) is 0 Å². The molecule has 3 heteroatoms. The molecule has 1 rings (SSSR count). The fourth-order valence-electron chi connectivity index (χ4n) is 1.98. The summed E-state index contributed by atoms with van der Waals surface area (Å²) in [6.45, 7) is 11.6. The van der Waals surface area contributed by atoms with Crippen molar-refractivity contribution in [3.63, 3.8) is 0 Å². The van der Waals surface area contributed by atoms with Gasteiger partial charge in [-0.05, 0) is 39.8 Å². The first kappa shape index (κ1) is 12.0. The van der Waals surface area contributed by atoms with Gasteiger partial charge in [-0.25, -0.2) is 0 Å². The van der Waals surface area contributed by atoms with Crippen LogP contribution in [0.5, 0.6) is 0 Å². The third kappa shape index (κ3) is 3.95. The summed E-state index contributed by atoms with van der Waals surface area (Å²) in [6, 6.07) is 0.709. The molecule has 0 aromatic rings. The predicted molar refractivity (Wildman–Crippen MR) is 61.4 cm³/mol. The highest BCUT2D eigenvalue weighted by Gasteiger charge is 2.17. The maximum atomic E-state index is 5.48. The van der Waals surface area contributed by atoms with Crippen LogP contribution in [0.2, 0.25) is 0 Å². The molecule has 0 unspecified atom stereocenters. The molecule has 0 aliphatic carbocycles. The number of piperazine rings is 1. The van der Waals surface area contributed by atoms with Crippen molar-refractivity contribution < 1.29 is 0 Å². The van der Waals surface area contributed by atoms with E-state index in [4.69, 9.17) is 5.73 Å². The Morgan fingerprint density at radius 1 is 1.07 bits per heavy atom. The Balaban J connectivity index is 2.09. The first-order valence-corrected chi connectivity index (χ1v) is 5.90. The average Bonchev–Trinajstić information content (AvgIpc) is 2.19. The highest BCUT2D eigenvalue weighted by Crippen LogP contribution is 2.06. The van der Waals surface area contributed by atoms with E-state index >= 15 is 0 Å². The Labute approximate surface area is 88.2 Å². The van der Waals surface area contributed by atoms with Gasteiger partial charge in [0.15, 0.2) is 0 Å². The van der Waals surface area contributed by atoms with Gasteiger partial charge in [0.05, 0.1) is 0 Å². The van der Waals surface area contributed by atoms with Crippen LogP contribution in [0, 0.1) is 0 Å². The minimum absolute atomic E-state index is 0.709. The zero-order valence-corrected chi connectivity index (χ0v) is 9.71. The van der Waals surface area contributed by atoms with Gasteiger partial charge < -0.3 is 10.6 Å². The van der Waals surface area contributed by atoms with Crippen molar-refractivity contribution in [2.45, 2.75) is 32.7 Å². The van der Waals surface area contributed by atoms with Crippen LogP contribution in [0.3, 0.4) is 0 Å². The maximum absolute atomic E-state index is 5.48. The molecule has 0 bridgehead atoms. The summed E-state index contributed by atoms with van der Waals surface area (Å²) in [6.07, 6.45) is 2.43. The Morgan fingerprint density at radius 2 is 1.71 bits per heavy atom. The first-order valence-electron chi connectivity index (χ1n) is 5.90. The van der Waals surface area contributed by atoms with Gasteiger partial charge in [-0.15, -0.1) is 0 Å². The predicted octanol–water partition coefficient (Wildman–Crippen LogP) is 0.751. The minimum Gasteiger partial charge on any atom is -0.330 e. The standard InChI is InChI=1S/C11H25N3/c1-11(2)14-9-7-13(8-10-14)6-4-3-5-12/h11H,3-10,12H2,1-2H3. The molecule has 1 aliphatic rings. The molecule has 0 radical (unpaired) electrons. The molecule has 1 fully saturated rings. The van der Waals surface area contributed by atoms with Crippen molar-refractivity contribution in [1.29, 1.82) is 0 Å². The zero-order valence-electron chi connectivity index (χ0n) is 9.71. The third-order valence-corrected chi connectivity index (χ3v) is 3.07. The molecule has 1 aliphatic heterocycles. The average molecular weight is 199 g/mol. The lowest BCUT2D eigenvalue weighted by Gasteiger charge is -2.36. The van der Waals surface area contributed by atoms with Crippen molar-refractivity contribution >= 4 is 0 Å². The summed E-state index contributed by atoms with van der Waals surface area (Å²) in [5.74, 6) is 0. The minimum atomic E-state index is 0.709. The lowest BCUT2D eigenvalue weighted by Crippen LogP contribution is -2.48. The molecule has 0 atom stereocenters. The summed E-state index contributed by atoms with van der Waals surface area (Å²) < 4.78 is 0. The fourth-order valence-corrected chi connectivity index (χ4v) is 1.98. The second-order valence-electron chi connectivity index (χ2n) is 4.47. The SMILES string of the molecule is CC(C)N1CCN(CCCCN)CC1. The molecular weight excluding hydrogens is 174 g/mol. The van der Waals surface area contributed by atoms with Gasteiger partial charge in [-0.2, -0.15) is 0 Å². The number of hydrogen-bond acceptors (Lipinski definition) is 3. The van der Waals surface area contributed by atoms with Gasteiger partial charge in [0.1, 0.15) is 0 Å². The first-order chi connectivity index (χ1) is 6.74. The Morgan fingerprint density at radius 3 is 2.21 bits per heavy atom. The molecule has 2 N–H and O–H groups in total. The molecule has 1 heterocycles. The zero-order chi connectivity index (χ0) is 10.4. The van der Waals surface area contributed by atoms with Crippen LogP contribution in [0.4, 0.5) is 0 Å². The van der Waals surface area contributed by atoms with Gasteiger partial charge in [0, 0.05) is 32.2 Å². The van der Waals surface area contributed by atoms with E-state index < -0.39 is 0 Å². The molecule has 0 saturated carbocycles. The molecular formula is C11H25N3. The number of nitrogens with zero attached hydrogens (tertiary/aromatic N) is 2. The summed E-state index contributed by atoms with van der Waals surface area (Å²) in [5.41, 5.74) is 5.48. The van der Waals surface area contributed by atoms with Gasteiger partial charge in [0.2, 0.25) is 0 Å². The van der Waals surface area contributed by atoms with E-state index in [1.165, 1.54) is 45.6 Å². The molecule has 0 aromatic carbocycles. The van der Waals surface area contributed by atoms with E-state index in [9.17, 15) is 0 Å². The van der Waals surface area contributed by atoms with E-state index in [1.54, 1.807) is 0 Å². The fraction of sp³-hybridized carbons (Fsp3) is 1.00. The van der Waals surface area contributed by atoms with Crippen LogP contribution in [0.1, 0.15) is 26.7 Å². The van der Waals surface area contributed by atoms with Crippen molar-refractivity contribution in [2.75, 3.05) is 39.3 Å². The maximum Gasteiger partial charge on any atom is 0.0113 e. The smallest absolute Gasteiger partial charge is 0.0113 e. The van der Waals surface area contributed by atoms with Crippen molar-refractivity contribution in [1.82, 2.24) is 9.80 Å². The molecule has 1 saturated heterocycles. The van der Waals surface area contributed by atoms with Crippen LogP contribution in [0.25, 0.3) is 0 Å². The number of rotatable bonds is 5. The normalized spacial score (nSPS) is 20.6. The molecule has 14 heavy (non-hydrogen) atoms. The van der Waals surface area contributed by atoms with E-state index in [2.05, 4.69) is 23.6 Å². The number of nitrogens with two attached hydrogens (primary N) is 1. The third-order valence-electron chi connectivity index (χ3n) is 3.07. The van der Waals surface area contributed by atoms with Gasteiger partial charge in [-0.3, -0.25) is 4.90 Å². The summed E-state index contributed by atoms with van der Waals surface area (Å²) >= 11 is 0. The second kappa shape index (κ2) is 6.38. The quantitative estimate of drug-likeness (QED) is 0.663. The van der Waals surface area contributed by atoms with Gasteiger partial charge in [0.25, 0.3) is 0 Å². The van der Waals surface area contributed by atoms with Crippen LogP contribution in [-0.4, -0.2) is 55.1 Å². The largest absolute Gasteiger partial charge is 0.330 e. The molecule has 0 spiro atoms. The lowest BCUT2D eigenvalue weighted by atomic mass is 10.2. The van der Waals surface area contributed by atoms with E-state index in [0.717, 1.165) is 6.54 Å². The molecule has 0 aromatic heterocycles. The monoisotopic (exact) mass is 199 g/mol. The molecule has 0 amide bonds. The van der Waals surface area contributed by atoms with Crippen LogP contribution in [-0.2, 0) is 0 Å². The Bertz CT molecular complexity index is 139. The van der Waals surface area contributed by atoms with Crippen LogP contribution < -0.4 is 5.73 Å². The Kier molecular flexibility index (Phi) is 5.45. The van der Waals surface area contributed by atoms with Crippen LogP contribution >= 0.6 is 0 Å². The summed E-state index contributed by atoms with van der Waals surface area (Å²) in [5, 5.41) is 0. The molecule has 84 valence electrons. The lowest BCUT2D eigenvalue weighted by molar-refractivity contribution is 0.107.